The molecule has 4 nitrogen and oxygen atoms in total. The van der Waals surface area contributed by atoms with Gasteiger partial charge in [-0.1, -0.05) is 0 Å². The van der Waals surface area contributed by atoms with E-state index in [9.17, 15) is 4.79 Å². The van der Waals surface area contributed by atoms with E-state index >= 15 is 0 Å². The van der Waals surface area contributed by atoms with Crippen LogP contribution in [0.15, 0.2) is 12.1 Å². The Balaban J connectivity index is 1.94. The fourth-order valence-electron chi connectivity index (χ4n) is 2.10. The highest BCUT2D eigenvalue weighted by atomic mass is 32.1. The van der Waals surface area contributed by atoms with Crippen LogP contribution in [0.1, 0.15) is 21.5 Å². The maximum Gasteiger partial charge on any atom is 0.264 e. The minimum Gasteiger partial charge on any atom is -0.335 e. The van der Waals surface area contributed by atoms with Gasteiger partial charge in [0.15, 0.2) is 0 Å². The molecule has 0 bridgehead atoms. The van der Waals surface area contributed by atoms with E-state index in [1.54, 1.807) is 11.3 Å². The number of nitriles is 1. The van der Waals surface area contributed by atoms with Crippen LogP contribution in [0.5, 0.6) is 0 Å². The molecule has 1 saturated heterocycles. The number of piperazine rings is 1. The molecule has 0 spiro atoms. The lowest BCUT2D eigenvalue weighted by Gasteiger charge is -2.35. The molecular formula is C13H17N3OS. The molecule has 2 rings (SSSR count). The summed E-state index contributed by atoms with van der Waals surface area (Å²) in [5.74, 6) is 0.123. The highest BCUT2D eigenvalue weighted by Crippen LogP contribution is 2.18. The highest BCUT2D eigenvalue weighted by Gasteiger charge is 2.25. The van der Waals surface area contributed by atoms with Gasteiger partial charge in [-0.3, -0.25) is 9.69 Å². The fourth-order valence-corrected chi connectivity index (χ4v) is 2.93. The second-order valence-corrected chi connectivity index (χ2v) is 5.83. The van der Waals surface area contributed by atoms with Crippen LogP contribution in [0.25, 0.3) is 0 Å². The van der Waals surface area contributed by atoms with Gasteiger partial charge in [0.05, 0.1) is 17.0 Å². The Kier molecular flexibility index (Phi) is 4.00. The number of carbonyl (C=O) groups is 1. The Morgan fingerprint density at radius 1 is 1.39 bits per heavy atom. The van der Waals surface area contributed by atoms with Crippen LogP contribution >= 0.6 is 11.3 Å². The van der Waals surface area contributed by atoms with Crippen LogP contribution in [0.4, 0.5) is 0 Å². The van der Waals surface area contributed by atoms with Gasteiger partial charge in [-0.25, -0.2) is 0 Å². The van der Waals surface area contributed by atoms with Crippen molar-refractivity contribution >= 4 is 17.2 Å². The predicted octanol–water partition coefficient (Wildman–Crippen LogP) is 1.73. The molecule has 2 heterocycles. The zero-order valence-electron chi connectivity index (χ0n) is 10.7. The molecule has 1 aromatic rings. The molecule has 0 aromatic carbocycles. The average Bonchev–Trinajstić information content (AvgIpc) is 2.84. The van der Waals surface area contributed by atoms with E-state index in [0.29, 0.717) is 13.1 Å². The molecule has 0 N–H and O–H groups in total. The van der Waals surface area contributed by atoms with Gasteiger partial charge in [-0.05, 0) is 26.0 Å². The summed E-state index contributed by atoms with van der Waals surface area (Å²) >= 11 is 1.54. The van der Waals surface area contributed by atoms with E-state index in [1.807, 2.05) is 30.9 Å². The van der Waals surface area contributed by atoms with Crippen molar-refractivity contribution in [1.29, 1.82) is 5.26 Å². The molecule has 1 aliphatic rings. The Hall–Kier alpha value is -1.38. The Morgan fingerprint density at radius 2 is 2.06 bits per heavy atom. The maximum absolute atomic E-state index is 12.2. The summed E-state index contributed by atoms with van der Waals surface area (Å²) < 4.78 is 0. The Labute approximate surface area is 111 Å². The lowest BCUT2D eigenvalue weighted by Crippen LogP contribution is -2.50. The molecule has 5 heteroatoms. The standard InChI is InChI=1S/C13H17N3OS/c1-10(9-14)15-5-7-16(8-6-15)13(17)12-4-3-11(2)18-12/h3-4,10H,5-8H2,1-2H3. The topological polar surface area (TPSA) is 47.3 Å². The monoisotopic (exact) mass is 263 g/mol. The third-order valence-corrected chi connectivity index (χ3v) is 4.28. The van der Waals surface area contributed by atoms with Gasteiger partial charge in [-0.2, -0.15) is 5.26 Å². The van der Waals surface area contributed by atoms with Crippen LogP contribution in [-0.2, 0) is 0 Å². The number of hydrogen-bond acceptors (Lipinski definition) is 4. The minimum atomic E-state index is -0.0637. The van der Waals surface area contributed by atoms with Crippen molar-refractivity contribution in [1.82, 2.24) is 9.80 Å². The highest BCUT2D eigenvalue weighted by molar-refractivity contribution is 7.13. The van der Waals surface area contributed by atoms with Gasteiger partial charge >= 0.3 is 0 Å². The maximum atomic E-state index is 12.2. The van der Waals surface area contributed by atoms with Gasteiger partial charge < -0.3 is 4.90 Å². The average molecular weight is 263 g/mol. The van der Waals surface area contributed by atoms with Gasteiger partial charge in [0, 0.05) is 31.1 Å². The second kappa shape index (κ2) is 5.51. The molecule has 1 aromatic heterocycles. The van der Waals surface area contributed by atoms with Crippen LogP contribution in [0.2, 0.25) is 0 Å². The largest absolute Gasteiger partial charge is 0.335 e. The van der Waals surface area contributed by atoms with Crippen molar-refractivity contribution in [3.8, 4) is 6.07 Å². The first-order valence-corrected chi connectivity index (χ1v) is 6.93. The number of amides is 1. The summed E-state index contributed by atoms with van der Waals surface area (Å²) in [4.78, 5) is 18.2. The van der Waals surface area contributed by atoms with Crippen molar-refractivity contribution in [3.05, 3.63) is 21.9 Å². The van der Waals surface area contributed by atoms with E-state index in [0.717, 1.165) is 22.8 Å². The van der Waals surface area contributed by atoms with Crippen LogP contribution in [-0.4, -0.2) is 47.9 Å². The third-order valence-electron chi connectivity index (χ3n) is 3.29. The van der Waals surface area contributed by atoms with E-state index in [1.165, 1.54) is 0 Å². The molecule has 1 unspecified atom stereocenters. The molecule has 0 radical (unpaired) electrons. The summed E-state index contributed by atoms with van der Waals surface area (Å²) in [5, 5.41) is 8.87. The van der Waals surface area contributed by atoms with Crippen molar-refractivity contribution in [2.75, 3.05) is 26.2 Å². The Bertz CT molecular complexity index is 469. The summed E-state index contributed by atoms with van der Waals surface area (Å²) in [6.07, 6.45) is 0. The van der Waals surface area contributed by atoms with E-state index in [2.05, 4.69) is 11.0 Å². The van der Waals surface area contributed by atoms with Gasteiger partial charge in [-0.15, -0.1) is 11.3 Å². The molecule has 1 fully saturated rings. The van der Waals surface area contributed by atoms with Gasteiger partial charge in [0.25, 0.3) is 5.91 Å². The van der Waals surface area contributed by atoms with Crippen molar-refractivity contribution in [2.45, 2.75) is 19.9 Å². The smallest absolute Gasteiger partial charge is 0.264 e. The van der Waals surface area contributed by atoms with Gasteiger partial charge in [0.1, 0.15) is 0 Å². The first-order chi connectivity index (χ1) is 8.61. The van der Waals surface area contributed by atoms with Crippen molar-refractivity contribution in [2.24, 2.45) is 0 Å². The summed E-state index contributed by atoms with van der Waals surface area (Å²) in [5.41, 5.74) is 0. The van der Waals surface area contributed by atoms with E-state index in [-0.39, 0.29) is 11.9 Å². The quantitative estimate of drug-likeness (QED) is 0.816. The van der Waals surface area contributed by atoms with Crippen molar-refractivity contribution in [3.63, 3.8) is 0 Å². The number of carbonyl (C=O) groups excluding carboxylic acids is 1. The molecular weight excluding hydrogens is 246 g/mol. The number of rotatable bonds is 2. The molecule has 1 aliphatic heterocycles. The number of hydrogen-bond donors (Lipinski definition) is 0. The van der Waals surface area contributed by atoms with Gasteiger partial charge in [0.2, 0.25) is 0 Å². The molecule has 0 saturated carbocycles. The SMILES string of the molecule is Cc1ccc(C(=O)N2CCN(C(C)C#N)CC2)s1. The lowest BCUT2D eigenvalue weighted by molar-refractivity contribution is 0.0620. The van der Waals surface area contributed by atoms with E-state index < -0.39 is 0 Å². The normalized spacial score (nSPS) is 18.4. The number of aryl methyl sites for hydroxylation is 1. The predicted molar refractivity (Wildman–Crippen MR) is 71.6 cm³/mol. The number of nitrogens with zero attached hydrogens (tertiary/aromatic N) is 3. The molecule has 18 heavy (non-hydrogen) atoms. The van der Waals surface area contributed by atoms with Crippen LogP contribution < -0.4 is 0 Å². The molecule has 0 aliphatic carbocycles. The minimum absolute atomic E-state index is 0.0637. The van der Waals surface area contributed by atoms with E-state index in [4.69, 9.17) is 5.26 Å². The summed E-state index contributed by atoms with van der Waals surface area (Å²) in [6.45, 7) is 6.90. The molecule has 1 atom stereocenters. The van der Waals surface area contributed by atoms with Crippen LogP contribution in [0, 0.1) is 18.3 Å². The third kappa shape index (κ3) is 2.71. The molecule has 96 valence electrons. The van der Waals surface area contributed by atoms with Crippen molar-refractivity contribution < 1.29 is 4.79 Å². The lowest BCUT2D eigenvalue weighted by atomic mass is 10.2. The zero-order chi connectivity index (χ0) is 13.1. The first-order valence-electron chi connectivity index (χ1n) is 6.11. The number of thiophene rings is 1. The fraction of sp³-hybridized carbons (Fsp3) is 0.538. The first kappa shape index (κ1) is 13.1. The second-order valence-electron chi connectivity index (χ2n) is 4.54. The summed E-state index contributed by atoms with van der Waals surface area (Å²) in [6, 6.07) is 6.05. The summed E-state index contributed by atoms with van der Waals surface area (Å²) in [7, 11) is 0. The zero-order valence-corrected chi connectivity index (χ0v) is 11.5. The molecule has 1 amide bonds. The Morgan fingerprint density at radius 3 is 2.56 bits per heavy atom. The van der Waals surface area contributed by atoms with Crippen LogP contribution in [0.3, 0.4) is 0 Å².